The Bertz CT molecular complexity index is 159. The van der Waals surface area contributed by atoms with Gasteiger partial charge in [-0.1, -0.05) is 25.3 Å². The molecular weight excluding hydrogens is 251 g/mol. The van der Waals surface area contributed by atoms with Gasteiger partial charge in [0.2, 0.25) is 0 Å². The summed E-state index contributed by atoms with van der Waals surface area (Å²) in [6.07, 6.45) is 0. The van der Waals surface area contributed by atoms with Gasteiger partial charge < -0.3 is 23.0 Å². The van der Waals surface area contributed by atoms with Crippen LogP contribution in [0.15, 0.2) is 0 Å². The molecule has 15 heavy (non-hydrogen) atoms. The van der Waals surface area contributed by atoms with Gasteiger partial charge in [-0.15, -0.1) is 0 Å². The average molecular weight is 270 g/mol. The average Bonchev–Trinajstić information content (AvgIpc) is 1.87. The molecule has 0 unspecified atom stereocenters. The zero-order chi connectivity index (χ0) is 10.1. The van der Waals surface area contributed by atoms with Crippen LogP contribution in [0.1, 0.15) is 15.3 Å². The van der Waals surface area contributed by atoms with Crippen molar-refractivity contribution in [1.82, 2.24) is 4.90 Å². The Labute approximate surface area is 124 Å². The fraction of sp³-hybridized carbons (Fsp3) is 0.667. The molecule has 0 aliphatic rings. The topological polar surface area (TPSA) is 126 Å². The summed E-state index contributed by atoms with van der Waals surface area (Å²) in [5.74, 6) is 0. The second-order valence-corrected chi connectivity index (χ2v) is 2.62. The Morgan fingerprint density at radius 1 is 1.20 bits per heavy atom. The van der Waals surface area contributed by atoms with E-state index in [1.807, 2.05) is 13.8 Å². The van der Waals surface area contributed by atoms with E-state index in [4.69, 9.17) is 4.79 Å². The summed E-state index contributed by atoms with van der Waals surface area (Å²) in [4.78, 5) is 21.1. The molecule has 0 bridgehead atoms. The van der Waals surface area contributed by atoms with Gasteiger partial charge in [0.1, 0.15) is 0 Å². The van der Waals surface area contributed by atoms with E-state index in [-0.39, 0.29) is 47.2 Å². The van der Waals surface area contributed by atoms with Gasteiger partial charge in [0.05, 0.1) is 0 Å². The van der Waals surface area contributed by atoms with Crippen LogP contribution in [0.4, 0.5) is 9.59 Å². The second-order valence-electron chi connectivity index (χ2n) is 1.79. The Kier molecular flexibility index (Phi) is 39.5. The van der Waals surface area contributed by atoms with E-state index in [0.717, 1.165) is 13.1 Å². The largest absolute Gasteiger partial charge is 1.00 e. The van der Waals surface area contributed by atoms with Crippen molar-refractivity contribution in [3.05, 3.63) is 0 Å². The number of carbonyl (C=O) groups is 2. The number of hydrogen-bond acceptors (Lipinski definition) is 2. The normalized spacial score (nSPS) is 6.40. The van der Waals surface area contributed by atoms with Crippen LogP contribution in [-0.4, -0.2) is 39.4 Å². The Morgan fingerprint density at radius 3 is 1.40 bits per heavy atom. The molecule has 0 rings (SSSR count). The summed E-state index contributed by atoms with van der Waals surface area (Å²) < 4.78 is 0. The van der Waals surface area contributed by atoms with Crippen molar-refractivity contribution in [1.29, 1.82) is 0 Å². The van der Waals surface area contributed by atoms with Crippen LogP contribution in [-0.2, 0) is 0 Å². The predicted octanol–water partition coefficient (Wildman–Crippen LogP) is -3.16. The van der Waals surface area contributed by atoms with Crippen molar-refractivity contribution >= 4 is 35.7 Å². The van der Waals surface area contributed by atoms with Gasteiger partial charge >= 0.3 is 29.6 Å². The molecular formula is C6H19N2NaO4S2. The minimum absolute atomic E-state index is 0. The number of thiol groups is 2. The summed E-state index contributed by atoms with van der Waals surface area (Å²) in [5.41, 5.74) is 4.34. The number of nitrogens with two attached hydrogens (primary N) is 1. The van der Waals surface area contributed by atoms with Gasteiger partial charge in [-0.3, -0.25) is 9.59 Å². The zero-order valence-corrected chi connectivity index (χ0v) is 12.9. The number of amides is 2. The predicted molar refractivity (Wildman–Crippen MR) is 64.2 cm³/mol. The number of nitrogens with zero attached hydrogens (tertiary/aromatic N) is 1. The van der Waals surface area contributed by atoms with Gasteiger partial charge in [-0.05, 0) is 13.8 Å². The molecule has 90 valence electrons. The Balaban J connectivity index is -0.0000000281. The summed E-state index contributed by atoms with van der Waals surface area (Å²) in [6.45, 7) is 5.35. The molecule has 0 atom stereocenters. The smallest absolute Gasteiger partial charge is 1.00 e. The minimum Gasteiger partial charge on any atom is -1.00 e. The first-order chi connectivity index (χ1) is 5.45. The van der Waals surface area contributed by atoms with Crippen molar-refractivity contribution < 1.29 is 51.5 Å². The van der Waals surface area contributed by atoms with Gasteiger partial charge in [0, 0.05) is 13.1 Å². The van der Waals surface area contributed by atoms with Crippen LogP contribution >= 0.6 is 25.3 Å². The van der Waals surface area contributed by atoms with E-state index in [2.05, 4.69) is 31.0 Å². The molecule has 0 aromatic carbocycles. The van der Waals surface area contributed by atoms with Gasteiger partial charge in [-0.2, -0.15) is 0 Å². The standard InChI is InChI=1S/C5H11NOS.CH3NOS.Na.2H2O.H/c1-3-6(4-2)5(7)8;2-1(3)4;;;;/h3-4H2,1-2H3,(H,7,8);(H3,2,3,4);;2*1H2;/q;;+1;;;-1. The maximum absolute atomic E-state index is 10.4. The van der Waals surface area contributed by atoms with Crippen molar-refractivity contribution in [2.75, 3.05) is 13.1 Å². The van der Waals surface area contributed by atoms with E-state index < -0.39 is 5.24 Å². The van der Waals surface area contributed by atoms with Crippen LogP contribution in [0.2, 0.25) is 0 Å². The maximum atomic E-state index is 10.4. The van der Waals surface area contributed by atoms with Crippen molar-refractivity contribution in [3.63, 3.8) is 0 Å². The molecule has 0 heterocycles. The van der Waals surface area contributed by atoms with E-state index in [1.54, 1.807) is 4.90 Å². The third-order valence-corrected chi connectivity index (χ3v) is 1.32. The van der Waals surface area contributed by atoms with E-state index in [9.17, 15) is 4.79 Å². The quantitative estimate of drug-likeness (QED) is 0.362. The molecule has 0 fully saturated rings. The molecule has 6 N–H and O–H groups in total. The molecule has 0 saturated heterocycles. The number of rotatable bonds is 2. The Hall–Kier alpha value is 0.560. The molecule has 2 amide bonds. The molecule has 0 aromatic heterocycles. The maximum Gasteiger partial charge on any atom is 1.00 e. The second kappa shape index (κ2) is 20.0. The van der Waals surface area contributed by atoms with E-state index in [1.165, 1.54) is 0 Å². The monoisotopic (exact) mass is 270 g/mol. The zero-order valence-electron chi connectivity index (χ0n) is 10.1. The van der Waals surface area contributed by atoms with Crippen LogP contribution in [0.25, 0.3) is 0 Å². The molecule has 6 nitrogen and oxygen atoms in total. The van der Waals surface area contributed by atoms with Crippen LogP contribution in [0, 0.1) is 0 Å². The van der Waals surface area contributed by atoms with Crippen LogP contribution in [0.3, 0.4) is 0 Å². The van der Waals surface area contributed by atoms with E-state index >= 15 is 0 Å². The fourth-order valence-corrected chi connectivity index (χ4v) is 0.777. The molecule has 0 aromatic rings. The molecule has 0 aliphatic carbocycles. The first-order valence-electron chi connectivity index (χ1n) is 3.41. The van der Waals surface area contributed by atoms with E-state index in [0.29, 0.717) is 0 Å². The van der Waals surface area contributed by atoms with Crippen molar-refractivity contribution in [2.24, 2.45) is 5.73 Å². The molecule has 0 spiro atoms. The fourth-order valence-electron chi connectivity index (χ4n) is 0.494. The first kappa shape index (κ1) is 29.6. The number of primary amides is 1. The minimum atomic E-state index is -0.639. The molecule has 0 radical (unpaired) electrons. The van der Waals surface area contributed by atoms with Gasteiger partial charge in [0.25, 0.3) is 10.5 Å². The van der Waals surface area contributed by atoms with Gasteiger partial charge in [-0.25, -0.2) is 0 Å². The van der Waals surface area contributed by atoms with Gasteiger partial charge in [0.15, 0.2) is 0 Å². The number of hydrogen-bond donors (Lipinski definition) is 3. The SMILES string of the molecule is CCN(CC)C(=O)S.NC(=O)S.O.O.[H-].[Na+]. The Morgan fingerprint density at radius 2 is 1.40 bits per heavy atom. The first-order valence-corrected chi connectivity index (χ1v) is 4.31. The molecule has 0 saturated carbocycles. The third kappa shape index (κ3) is 31.3. The van der Waals surface area contributed by atoms with Crippen LogP contribution in [0.5, 0.6) is 0 Å². The van der Waals surface area contributed by atoms with Crippen molar-refractivity contribution in [3.8, 4) is 0 Å². The molecule has 9 heteroatoms. The molecule has 0 aliphatic heterocycles. The number of carbonyl (C=O) groups excluding carboxylic acids is 2. The summed E-state index contributed by atoms with van der Waals surface area (Å²) in [5, 5.41) is -0.782. The summed E-state index contributed by atoms with van der Waals surface area (Å²) >= 11 is 6.75. The van der Waals surface area contributed by atoms with Crippen molar-refractivity contribution in [2.45, 2.75) is 13.8 Å². The van der Waals surface area contributed by atoms with Crippen LogP contribution < -0.4 is 35.3 Å². The summed E-state index contributed by atoms with van der Waals surface area (Å²) in [6, 6.07) is 0. The third-order valence-electron chi connectivity index (χ3n) is 1.03. The summed E-state index contributed by atoms with van der Waals surface area (Å²) in [7, 11) is 0.